The molecule has 25 heavy (non-hydrogen) atoms. The van der Waals surface area contributed by atoms with E-state index in [9.17, 15) is 9.59 Å². The van der Waals surface area contributed by atoms with Gasteiger partial charge >= 0.3 is 0 Å². The van der Waals surface area contributed by atoms with Crippen LogP contribution < -0.4 is 10.2 Å². The molecular formula is C21H22N2O2. The molecule has 2 aromatic carbocycles. The van der Waals surface area contributed by atoms with Gasteiger partial charge in [0.25, 0.3) is 0 Å². The van der Waals surface area contributed by atoms with Crippen molar-refractivity contribution < 1.29 is 9.59 Å². The van der Waals surface area contributed by atoms with Crippen molar-refractivity contribution in [3.8, 4) is 0 Å². The molecule has 3 rings (SSSR count). The molecule has 1 aliphatic rings. The maximum absolute atomic E-state index is 12.9. The van der Waals surface area contributed by atoms with Crippen molar-refractivity contribution >= 4 is 23.2 Å². The first kappa shape index (κ1) is 17.0. The molecule has 0 aliphatic heterocycles. The molecule has 0 aromatic heterocycles. The van der Waals surface area contributed by atoms with Gasteiger partial charge in [0.15, 0.2) is 0 Å². The van der Waals surface area contributed by atoms with E-state index < -0.39 is 0 Å². The summed E-state index contributed by atoms with van der Waals surface area (Å²) in [5.74, 6) is 0.427. The van der Waals surface area contributed by atoms with Gasteiger partial charge < -0.3 is 10.2 Å². The van der Waals surface area contributed by atoms with E-state index in [1.54, 1.807) is 6.07 Å². The lowest BCUT2D eigenvalue weighted by molar-refractivity contribution is -0.118. The van der Waals surface area contributed by atoms with Gasteiger partial charge in [-0.15, -0.1) is 0 Å². The first-order chi connectivity index (χ1) is 12.2. The Morgan fingerprint density at radius 3 is 2.56 bits per heavy atom. The second-order valence-corrected chi connectivity index (χ2v) is 6.35. The third-order valence-electron chi connectivity index (χ3n) is 4.24. The fourth-order valence-corrected chi connectivity index (χ4v) is 2.74. The number of hydrogen-bond donors (Lipinski definition) is 1. The van der Waals surface area contributed by atoms with Gasteiger partial charge in [-0.05, 0) is 54.7 Å². The Balaban J connectivity index is 1.73. The van der Waals surface area contributed by atoms with Gasteiger partial charge in [0.05, 0.1) is 6.42 Å². The SMILES string of the molecule is C=CC(=O)Nc1cccc(CC(=O)N(CC2CC2)c2ccccc2)c1. The number of nitrogens with zero attached hydrogens (tertiary/aromatic N) is 1. The Morgan fingerprint density at radius 2 is 1.88 bits per heavy atom. The lowest BCUT2D eigenvalue weighted by Gasteiger charge is -2.23. The van der Waals surface area contributed by atoms with E-state index in [0.29, 0.717) is 18.0 Å². The zero-order chi connectivity index (χ0) is 17.6. The smallest absolute Gasteiger partial charge is 0.247 e. The zero-order valence-electron chi connectivity index (χ0n) is 14.2. The summed E-state index contributed by atoms with van der Waals surface area (Å²) in [5, 5.41) is 2.73. The molecular weight excluding hydrogens is 312 g/mol. The number of rotatable bonds is 7. The van der Waals surface area contributed by atoms with Gasteiger partial charge in [-0.2, -0.15) is 0 Å². The molecule has 128 valence electrons. The highest BCUT2D eigenvalue weighted by molar-refractivity contribution is 5.99. The highest BCUT2D eigenvalue weighted by Crippen LogP contribution is 2.31. The summed E-state index contributed by atoms with van der Waals surface area (Å²) in [6.07, 6.45) is 3.92. The van der Waals surface area contributed by atoms with Crippen LogP contribution in [0.3, 0.4) is 0 Å². The van der Waals surface area contributed by atoms with E-state index in [0.717, 1.165) is 17.8 Å². The maximum atomic E-state index is 12.9. The molecule has 0 radical (unpaired) electrons. The summed E-state index contributed by atoms with van der Waals surface area (Å²) < 4.78 is 0. The van der Waals surface area contributed by atoms with Crippen LogP contribution >= 0.6 is 0 Å². The fraction of sp³-hybridized carbons (Fsp3) is 0.238. The van der Waals surface area contributed by atoms with E-state index in [1.807, 2.05) is 53.4 Å². The maximum Gasteiger partial charge on any atom is 0.247 e. The van der Waals surface area contributed by atoms with E-state index in [1.165, 1.54) is 18.9 Å². The molecule has 2 aromatic rings. The van der Waals surface area contributed by atoms with Gasteiger partial charge in [0, 0.05) is 17.9 Å². The summed E-state index contributed by atoms with van der Waals surface area (Å²) in [6.45, 7) is 4.22. The summed E-state index contributed by atoms with van der Waals surface area (Å²) >= 11 is 0. The molecule has 0 unspecified atom stereocenters. The third-order valence-corrected chi connectivity index (χ3v) is 4.24. The number of hydrogen-bond acceptors (Lipinski definition) is 2. The first-order valence-corrected chi connectivity index (χ1v) is 8.53. The Hall–Kier alpha value is -2.88. The Labute approximate surface area is 148 Å². The van der Waals surface area contributed by atoms with Crippen LogP contribution in [0.5, 0.6) is 0 Å². The predicted octanol–water partition coefficient (Wildman–Crippen LogP) is 3.80. The monoisotopic (exact) mass is 334 g/mol. The van der Waals surface area contributed by atoms with Crippen molar-refractivity contribution in [2.45, 2.75) is 19.3 Å². The summed E-state index contributed by atoms with van der Waals surface area (Å²) in [6, 6.07) is 17.2. The normalized spacial score (nSPS) is 13.1. The predicted molar refractivity (Wildman–Crippen MR) is 100 cm³/mol. The summed E-state index contributed by atoms with van der Waals surface area (Å²) in [5.41, 5.74) is 2.49. The summed E-state index contributed by atoms with van der Waals surface area (Å²) in [7, 11) is 0. The number of amides is 2. The van der Waals surface area contributed by atoms with Gasteiger partial charge in [0.1, 0.15) is 0 Å². The number of nitrogens with one attached hydrogen (secondary N) is 1. The first-order valence-electron chi connectivity index (χ1n) is 8.53. The Bertz CT molecular complexity index is 766. The number of benzene rings is 2. The molecule has 0 saturated heterocycles. The number of anilines is 2. The largest absolute Gasteiger partial charge is 0.323 e. The molecule has 1 fully saturated rings. The van der Waals surface area contributed by atoms with Gasteiger partial charge in [0.2, 0.25) is 11.8 Å². The lowest BCUT2D eigenvalue weighted by atomic mass is 10.1. The topological polar surface area (TPSA) is 49.4 Å². The molecule has 0 bridgehead atoms. The van der Waals surface area contributed by atoms with Gasteiger partial charge in [-0.3, -0.25) is 9.59 Å². The second kappa shape index (κ2) is 7.79. The summed E-state index contributed by atoms with van der Waals surface area (Å²) in [4.78, 5) is 26.2. The van der Waals surface area contributed by atoms with Crippen molar-refractivity contribution in [1.82, 2.24) is 0 Å². The van der Waals surface area contributed by atoms with Gasteiger partial charge in [-0.25, -0.2) is 0 Å². The van der Waals surface area contributed by atoms with Crippen LogP contribution in [0.2, 0.25) is 0 Å². The number of carbonyl (C=O) groups is 2. The highest BCUT2D eigenvalue weighted by Gasteiger charge is 2.27. The Kier molecular flexibility index (Phi) is 5.29. The third kappa shape index (κ3) is 4.80. The number of carbonyl (C=O) groups excluding carboxylic acids is 2. The van der Waals surface area contributed by atoms with E-state index in [2.05, 4.69) is 11.9 Å². The molecule has 1 aliphatic carbocycles. The van der Waals surface area contributed by atoms with E-state index in [4.69, 9.17) is 0 Å². The molecule has 1 saturated carbocycles. The zero-order valence-corrected chi connectivity index (χ0v) is 14.2. The fourth-order valence-electron chi connectivity index (χ4n) is 2.74. The van der Waals surface area contributed by atoms with Crippen LogP contribution in [-0.4, -0.2) is 18.4 Å². The molecule has 4 nitrogen and oxygen atoms in total. The second-order valence-electron chi connectivity index (χ2n) is 6.35. The molecule has 2 amide bonds. The van der Waals surface area contributed by atoms with Gasteiger partial charge in [-0.1, -0.05) is 36.9 Å². The highest BCUT2D eigenvalue weighted by atomic mass is 16.2. The lowest BCUT2D eigenvalue weighted by Crippen LogP contribution is -2.34. The molecule has 0 spiro atoms. The molecule has 1 N–H and O–H groups in total. The average Bonchev–Trinajstić information content (AvgIpc) is 3.44. The van der Waals surface area contributed by atoms with Crippen LogP contribution in [0.15, 0.2) is 67.3 Å². The van der Waals surface area contributed by atoms with Crippen LogP contribution in [0, 0.1) is 5.92 Å². The average molecular weight is 334 g/mol. The quantitative estimate of drug-likeness (QED) is 0.783. The molecule has 0 atom stereocenters. The molecule has 0 heterocycles. The van der Waals surface area contributed by atoms with E-state index in [-0.39, 0.29) is 11.8 Å². The van der Waals surface area contributed by atoms with Crippen molar-refractivity contribution in [3.05, 3.63) is 72.8 Å². The van der Waals surface area contributed by atoms with Crippen molar-refractivity contribution in [1.29, 1.82) is 0 Å². The minimum atomic E-state index is -0.261. The van der Waals surface area contributed by atoms with Crippen LogP contribution in [-0.2, 0) is 16.0 Å². The van der Waals surface area contributed by atoms with Crippen molar-refractivity contribution in [2.24, 2.45) is 5.92 Å². The van der Waals surface area contributed by atoms with Crippen molar-refractivity contribution in [2.75, 3.05) is 16.8 Å². The standard InChI is InChI=1S/C21H22N2O2/c1-2-20(24)22-18-8-6-7-17(13-18)14-21(25)23(15-16-11-12-16)19-9-4-3-5-10-19/h2-10,13,16H,1,11-12,14-15H2,(H,22,24). The van der Waals surface area contributed by atoms with Crippen molar-refractivity contribution in [3.63, 3.8) is 0 Å². The molecule has 4 heteroatoms. The number of para-hydroxylation sites is 1. The van der Waals surface area contributed by atoms with Crippen LogP contribution in [0.1, 0.15) is 18.4 Å². The van der Waals surface area contributed by atoms with Crippen LogP contribution in [0.4, 0.5) is 11.4 Å². The van der Waals surface area contributed by atoms with E-state index >= 15 is 0 Å². The Morgan fingerprint density at radius 1 is 1.12 bits per heavy atom. The van der Waals surface area contributed by atoms with Crippen LogP contribution in [0.25, 0.3) is 0 Å². The minimum Gasteiger partial charge on any atom is -0.323 e. The minimum absolute atomic E-state index is 0.0743.